The Kier molecular flexibility index (Phi) is 11.0. The first-order valence-electron chi connectivity index (χ1n) is 16.6. The van der Waals surface area contributed by atoms with E-state index in [0.717, 1.165) is 53.7 Å². The molecule has 2 fully saturated rings. The van der Waals surface area contributed by atoms with E-state index in [1.807, 2.05) is 77.4 Å². The number of hydroxylamine groups is 1. The van der Waals surface area contributed by atoms with Crippen LogP contribution in [0.3, 0.4) is 0 Å². The highest BCUT2D eigenvalue weighted by Gasteiger charge is 2.34. The lowest BCUT2D eigenvalue weighted by Gasteiger charge is -2.40. The number of aromatic amines is 1. The predicted molar refractivity (Wildman–Crippen MR) is 179 cm³/mol. The molecule has 254 valence electrons. The number of aromatic nitrogens is 2. The highest BCUT2D eigenvalue weighted by atomic mass is 16.7. The Morgan fingerprint density at radius 2 is 1.65 bits per heavy atom. The van der Waals surface area contributed by atoms with Crippen LogP contribution in [0, 0.1) is 0 Å². The molecular formula is C36H43N5O7. The van der Waals surface area contributed by atoms with E-state index in [-0.39, 0.29) is 49.3 Å². The number of fused-ring (bicyclic) bond motifs is 1. The molecule has 3 heterocycles. The molecule has 12 heteroatoms. The van der Waals surface area contributed by atoms with Gasteiger partial charge in [0.05, 0.1) is 29.8 Å². The second-order valence-electron chi connectivity index (χ2n) is 12.6. The van der Waals surface area contributed by atoms with Crippen molar-refractivity contribution in [3.63, 3.8) is 0 Å². The number of rotatable bonds is 12. The van der Waals surface area contributed by atoms with E-state index in [1.54, 1.807) is 5.48 Å². The number of amides is 2. The molecule has 2 saturated heterocycles. The Hall–Kier alpha value is -4.33. The van der Waals surface area contributed by atoms with Crippen LogP contribution in [0.1, 0.15) is 80.1 Å². The summed E-state index contributed by atoms with van der Waals surface area (Å²) in [6.07, 6.45) is 2.75. The quantitative estimate of drug-likeness (QED) is 0.0833. The normalized spacial score (nSPS) is 20.5. The van der Waals surface area contributed by atoms with Gasteiger partial charge >= 0.3 is 5.69 Å². The van der Waals surface area contributed by atoms with E-state index >= 15 is 0 Å². The average molecular weight is 658 g/mol. The summed E-state index contributed by atoms with van der Waals surface area (Å²) in [5.74, 6) is -0.636. The molecule has 12 nitrogen and oxygen atoms in total. The van der Waals surface area contributed by atoms with Crippen molar-refractivity contribution in [1.29, 1.82) is 0 Å². The number of para-hydroxylation sites is 2. The molecular weight excluding hydrogens is 614 g/mol. The molecule has 48 heavy (non-hydrogen) atoms. The zero-order chi connectivity index (χ0) is 33.5. The van der Waals surface area contributed by atoms with Crippen LogP contribution in [-0.2, 0) is 25.7 Å². The number of aliphatic hydroxyl groups excluding tert-OH is 1. The molecule has 0 spiro atoms. The Bertz CT molecular complexity index is 1750. The maximum Gasteiger partial charge on any atom is 0.326 e. The lowest BCUT2D eigenvalue weighted by molar-refractivity contribution is -0.253. The van der Waals surface area contributed by atoms with E-state index < -0.39 is 12.2 Å². The summed E-state index contributed by atoms with van der Waals surface area (Å²) in [7, 11) is 0. The van der Waals surface area contributed by atoms with Crippen LogP contribution in [-0.4, -0.2) is 62.3 Å². The van der Waals surface area contributed by atoms with Gasteiger partial charge in [-0.05, 0) is 61.1 Å². The van der Waals surface area contributed by atoms with Crippen LogP contribution in [0.5, 0.6) is 0 Å². The predicted octanol–water partition coefficient (Wildman–Crippen LogP) is 4.71. The lowest BCUT2D eigenvalue weighted by Crippen LogP contribution is -2.43. The van der Waals surface area contributed by atoms with E-state index in [2.05, 4.69) is 15.2 Å². The van der Waals surface area contributed by atoms with Crippen molar-refractivity contribution in [3.05, 3.63) is 100.0 Å². The molecule has 0 radical (unpaired) electrons. The summed E-state index contributed by atoms with van der Waals surface area (Å²) < 4.78 is 15.0. The molecule has 1 aromatic heterocycles. The fraction of sp³-hybridized carbons (Fsp3) is 0.417. The fourth-order valence-corrected chi connectivity index (χ4v) is 6.73. The number of carbonyl (C=O) groups excluding carboxylic acids is 2. The number of imidazole rings is 1. The number of hydrogen-bond donors (Lipinski definition) is 5. The second kappa shape index (κ2) is 15.7. The Balaban J connectivity index is 1.12. The van der Waals surface area contributed by atoms with Gasteiger partial charge in [-0.2, -0.15) is 0 Å². The summed E-state index contributed by atoms with van der Waals surface area (Å²) in [6, 6.07) is 23.2. The van der Waals surface area contributed by atoms with Crippen molar-refractivity contribution in [1.82, 2.24) is 19.9 Å². The van der Waals surface area contributed by atoms with Crippen molar-refractivity contribution in [2.45, 2.75) is 76.1 Å². The van der Waals surface area contributed by atoms with Gasteiger partial charge in [-0.15, -0.1) is 0 Å². The molecule has 6 rings (SSSR count). The molecule has 2 aliphatic heterocycles. The van der Waals surface area contributed by atoms with Gasteiger partial charge in [0, 0.05) is 56.2 Å². The number of likely N-dealkylation sites (tertiary alicyclic amines) is 1. The maximum atomic E-state index is 12.8. The SMILES string of the molecule is O=C(CCCCC(=O)Nc1cccc(C2OC(CN3CCC(n4c(=O)[nH]c5ccccc54)CC3)CC(c3ccc(CO)cc3)O2)c1)NO. The fourth-order valence-electron chi connectivity index (χ4n) is 6.73. The summed E-state index contributed by atoms with van der Waals surface area (Å²) in [5, 5.41) is 21.1. The average Bonchev–Trinajstić information content (AvgIpc) is 3.46. The molecule has 2 aliphatic rings. The number of hydrogen-bond acceptors (Lipinski definition) is 8. The topological polar surface area (TPSA) is 158 Å². The first-order valence-corrected chi connectivity index (χ1v) is 16.6. The van der Waals surface area contributed by atoms with Gasteiger partial charge in [-0.1, -0.05) is 48.5 Å². The molecule has 3 atom stereocenters. The number of ether oxygens (including phenoxy) is 2. The van der Waals surface area contributed by atoms with E-state index in [0.29, 0.717) is 31.5 Å². The van der Waals surface area contributed by atoms with Crippen molar-refractivity contribution in [3.8, 4) is 0 Å². The van der Waals surface area contributed by atoms with Crippen LogP contribution in [0.2, 0.25) is 0 Å². The molecule has 2 amide bonds. The van der Waals surface area contributed by atoms with Crippen LogP contribution < -0.4 is 16.5 Å². The third-order valence-electron chi connectivity index (χ3n) is 9.25. The smallest absolute Gasteiger partial charge is 0.326 e. The maximum absolute atomic E-state index is 12.8. The number of benzene rings is 3. The van der Waals surface area contributed by atoms with Crippen molar-refractivity contribution >= 4 is 28.5 Å². The number of carbonyl (C=O) groups is 2. The minimum atomic E-state index is -0.664. The molecule has 0 aliphatic carbocycles. The molecule has 0 saturated carbocycles. The van der Waals surface area contributed by atoms with Crippen LogP contribution in [0.4, 0.5) is 5.69 Å². The van der Waals surface area contributed by atoms with Crippen LogP contribution in [0.15, 0.2) is 77.6 Å². The summed E-state index contributed by atoms with van der Waals surface area (Å²) in [5.41, 5.74) is 6.58. The number of aliphatic hydroxyl groups is 1. The van der Waals surface area contributed by atoms with E-state index in [4.69, 9.17) is 14.7 Å². The van der Waals surface area contributed by atoms with Crippen molar-refractivity contribution < 1.29 is 29.4 Å². The highest BCUT2D eigenvalue weighted by Crippen LogP contribution is 2.39. The number of anilines is 1. The second-order valence-corrected chi connectivity index (χ2v) is 12.6. The Labute approximate surface area is 278 Å². The Morgan fingerprint density at radius 3 is 2.40 bits per heavy atom. The third-order valence-corrected chi connectivity index (χ3v) is 9.25. The van der Waals surface area contributed by atoms with E-state index in [1.165, 1.54) is 0 Å². The molecule has 4 aromatic rings. The number of nitrogens with zero attached hydrogens (tertiary/aromatic N) is 2. The Morgan fingerprint density at radius 1 is 0.896 bits per heavy atom. The van der Waals surface area contributed by atoms with Crippen molar-refractivity contribution in [2.75, 3.05) is 25.0 Å². The first-order chi connectivity index (χ1) is 23.4. The van der Waals surface area contributed by atoms with Gasteiger partial charge < -0.3 is 29.8 Å². The minimum absolute atomic E-state index is 0.0305. The molecule has 0 bridgehead atoms. The zero-order valence-electron chi connectivity index (χ0n) is 26.8. The lowest BCUT2D eigenvalue weighted by atomic mass is 9.98. The first kappa shape index (κ1) is 33.6. The third kappa shape index (κ3) is 8.20. The van der Waals surface area contributed by atoms with Gasteiger partial charge in [0.15, 0.2) is 6.29 Å². The van der Waals surface area contributed by atoms with Crippen LogP contribution in [0.25, 0.3) is 11.0 Å². The number of H-pyrrole nitrogens is 1. The van der Waals surface area contributed by atoms with E-state index in [9.17, 15) is 19.5 Å². The van der Waals surface area contributed by atoms with Gasteiger partial charge in [0.1, 0.15) is 0 Å². The van der Waals surface area contributed by atoms with Crippen LogP contribution >= 0.6 is 0 Å². The largest absolute Gasteiger partial charge is 0.392 e. The highest BCUT2D eigenvalue weighted by molar-refractivity contribution is 5.90. The van der Waals surface area contributed by atoms with Crippen molar-refractivity contribution in [2.24, 2.45) is 0 Å². The monoisotopic (exact) mass is 657 g/mol. The molecule has 3 unspecified atom stereocenters. The zero-order valence-corrected chi connectivity index (χ0v) is 26.8. The summed E-state index contributed by atoms with van der Waals surface area (Å²) in [4.78, 5) is 42.0. The van der Waals surface area contributed by atoms with Gasteiger partial charge in [0.25, 0.3) is 0 Å². The number of nitrogens with one attached hydrogen (secondary N) is 3. The summed E-state index contributed by atoms with van der Waals surface area (Å²) in [6.45, 7) is 2.36. The number of unbranched alkanes of at least 4 members (excludes halogenated alkanes) is 1. The van der Waals surface area contributed by atoms with Gasteiger partial charge in [-0.3, -0.25) is 19.4 Å². The molecule has 3 aromatic carbocycles. The summed E-state index contributed by atoms with van der Waals surface area (Å²) >= 11 is 0. The number of piperidine rings is 1. The van der Waals surface area contributed by atoms with Gasteiger partial charge in [0.2, 0.25) is 11.8 Å². The minimum Gasteiger partial charge on any atom is -0.392 e. The molecule has 5 N–H and O–H groups in total. The van der Waals surface area contributed by atoms with Gasteiger partial charge in [-0.25, -0.2) is 10.3 Å². The standard InChI is InChI=1S/C36H43N5O7/c42-23-24-12-14-25(15-13-24)32-21-29(22-40-18-16-28(17-19-40)41-31-9-2-1-8-30(31)38-36(41)45)47-35(48-32)26-6-5-7-27(20-26)37-33(43)10-3-4-11-34(44)39-46/h1-2,5-9,12-15,20,28-29,32,35,42,46H,3-4,10-11,16-19,21-23H2,(H,37,43)(H,38,45)(H,39,44).